The van der Waals surface area contributed by atoms with Crippen molar-refractivity contribution >= 4 is 22.5 Å². The summed E-state index contributed by atoms with van der Waals surface area (Å²) in [4.78, 5) is 4.49. The zero-order chi connectivity index (χ0) is 8.55. The predicted molar refractivity (Wildman–Crippen MR) is 55.2 cm³/mol. The van der Waals surface area contributed by atoms with Gasteiger partial charge in [0.15, 0.2) is 0 Å². The topological polar surface area (TPSA) is 12.4 Å². The Labute approximate surface area is 76.9 Å². The number of fused-ring (bicyclic) bond motifs is 1. The third-order valence-corrected chi connectivity index (χ3v) is 3.03. The first-order valence-electron chi connectivity index (χ1n) is 4.04. The van der Waals surface area contributed by atoms with Crippen LogP contribution < -0.4 is 0 Å². The van der Waals surface area contributed by atoms with Gasteiger partial charge in [0.25, 0.3) is 0 Å². The van der Waals surface area contributed by atoms with Crippen LogP contribution in [0.3, 0.4) is 0 Å². The summed E-state index contributed by atoms with van der Waals surface area (Å²) in [7, 11) is 0. The average molecular weight is 177 g/mol. The molecular formula is C10H11NS. The van der Waals surface area contributed by atoms with E-state index in [9.17, 15) is 0 Å². The lowest BCUT2D eigenvalue weighted by Crippen LogP contribution is -1.96. The number of thioether (sulfide) groups is 1. The van der Waals surface area contributed by atoms with Crippen LogP contribution in [0.5, 0.6) is 0 Å². The third-order valence-electron chi connectivity index (χ3n) is 2.09. The molecule has 0 atom stereocenters. The Balaban J connectivity index is 2.57. The normalized spacial score (nSPS) is 15.3. The molecule has 1 heterocycles. The molecule has 1 nitrogen and oxygen atoms in total. The second-order valence-corrected chi connectivity index (χ2v) is 4.16. The summed E-state index contributed by atoms with van der Waals surface area (Å²) in [6.07, 6.45) is 0. The highest BCUT2D eigenvalue weighted by Crippen LogP contribution is 2.32. The van der Waals surface area contributed by atoms with Gasteiger partial charge >= 0.3 is 0 Å². The summed E-state index contributed by atoms with van der Waals surface area (Å²) >= 11 is 1.82. The van der Waals surface area contributed by atoms with Crippen LogP contribution in [-0.4, -0.2) is 5.04 Å². The van der Waals surface area contributed by atoms with E-state index in [-0.39, 0.29) is 0 Å². The van der Waals surface area contributed by atoms with Gasteiger partial charge in [-0.3, -0.25) is 0 Å². The van der Waals surface area contributed by atoms with Crippen molar-refractivity contribution in [3.8, 4) is 0 Å². The Bertz CT molecular complexity index is 342. The zero-order valence-corrected chi connectivity index (χ0v) is 8.11. The maximum absolute atomic E-state index is 4.49. The molecule has 0 fully saturated rings. The monoisotopic (exact) mass is 177 g/mol. The third kappa shape index (κ3) is 1.27. The zero-order valence-electron chi connectivity index (χ0n) is 7.29. The van der Waals surface area contributed by atoms with E-state index in [1.54, 1.807) is 0 Å². The van der Waals surface area contributed by atoms with E-state index in [2.05, 4.69) is 37.0 Å². The average Bonchev–Trinajstić information content (AvgIpc) is 2.04. The molecule has 0 radical (unpaired) electrons. The van der Waals surface area contributed by atoms with E-state index in [1.807, 2.05) is 11.8 Å². The van der Waals surface area contributed by atoms with Crippen molar-refractivity contribution in [2.24, 2.45) is 4.99 Å². The van der Waals surface area contributed by atoms with Gasteiger partial charge in [-0.15, -0.1) is 11.8 Å². The molecule has 0 unspecified atom stereocenters. The van der Waals surface area contributed by atoms with Gasteiger partial charge in [-0.05, 0) is 31.0 Å². The Morgan fingerprint density at radius 3 is 3.00 bits per heavy atom. The molecule has 1 aliphatic rings. The van der Waals surface area contributed by atoms with Crippen molar-refractivity contribution in [1.82, 2.24) is 0 Å². The van der Waals surface area contributed by atoms with Crippen molar-refractivity contribution in [3.63, 3.8) is 0 Å². The highest BCUT2D eigenvalue weighted by molar-refractivity contribution is 8.13. The highest BCUT2D eigenvalue weighted by Gasteiger charge is 2.10. The van der Waals surface area contributed by atoms with E-state index in [4.69, 9.17) is 0 Å². The van der Waals surface area contributed by atoms with Gasteiger partial charge in [-0.1, -0.05) is 12.1 Å². The van der Waals surface area contributed by atoms with Crippen LogP contribution in [-0.2, 0) is 5.75 Å². The second-order valence-electron chi connectivity index (χ2n) is 2.99. The van der Waals surface area contributed by atoms with Gasteiger partial charge in [-0.25, -0.2) is 4.99 Å². The minimum atomic E-state index is 1.08. The van der Waals surface area contributed by atoms with Crippen LogP contribution >= 0.6 is 11.8 Å². The van der Waals surface area contributed by atoms with Gasteiger partial charge < -0.3 is 0 Å². The van der Waals surface area contributed by atoms with Crippen LogP contribution in [0.25, 0.3) is 0 Å². The number of benzene rings is 1. The van der Waals surface area contributed by atoms with Crippen LogP contribution in [0, 0.1) is 6.92 Å². The smallest absolute Gasteiger partial charge is 0.0710 e. The van der Waals surface area contributed by atoms with Gasteiger partial charge in [-0.2, -0.15) is 0 Å². The van der Waals surface area contributed by atoms with Crippen molar-refractivity contribution in [1.29, 1.82) is 0 Å². The van der Waals surface area contributed by atoms with Crippen LogP contribution in [0.1, 0.15) is 18.1 Å². The molecule has 1 aromatic rings. The fourth-order valence-electron chi connectivity index (χ4n) is 1.36. The minimum Gasteiger partial charge on any atom is -0.247 e. The number of hydrogen-bond donors (Lipinski definition) is 0. The van der Waals surface area contributed by atoms with E-state index in [0.717, 1.165) is 11.4 Å². The summed E-state index contributed by atoms with van der Waals surface area (Å²) in [5, 5.41) is 1.17. The fraction of sp³-hybridized carbons (Fsp3) is 0.300. The lowest BCUT2D eigenvalue weighted by molar-refractivity contribution is 1.27. The molecular weight excluding hydrogens is 166 g/mol. The number of rotatable bonds is 0. The maximum atomic E-state index is 4.49. The van der Waals surface area contributed by atoms with Crippen molar-refractivity contribution in [2.45, 2.75) is 19.6 Å². The van der Waals surface area contributed by atoms with Crippen molar-refractivity contribution in [3.05, 3.63) is 29.3 Å². The lowest BCUT2D eigenvalue weighted by atomic mass is 10.1. The van der Waals surface area contributed by atoms with Crippen molar-refractivity contribution in [2.75, 3.05) is 0 Å². The Morgan fingerprint density at radius 1 is 1.33 bits per heavy atom. The molecule has 1 aromatic carbocycles. The molecule has 1 aliphatic heterocycles. The summed E-state index contributed by atoms with van der Waals surface area (Å²) in [6, 6.07) is 6.31. The number of hydrogen-bond acceptors (Lipinski definition) is 2. The van der Waals surface area contributed by atoms with Gasteiger partial charge in [0.2, 0.25) is 0 Å². The molecule has 62 valence electrons. The van der Waals surface area contributed by atoms with Crippen LogP contribution in [0.2, 0.25) is 0 Å². The van der Waals surface area contributed by atoms with Crippen molar-refractivity contribution < 1.29 is 0 Å². The number of nitrogens with zero attached hydrogens (tertiary/aromatic N) is 1. The first-order valence-corrected chi connectivity index (χ1v) is 5.02. The summed E-state index contributed by atoms with van der Waals surface area (Å²) < 4.78 is 0. The van der Waals surface area contributed by atoms with E-state index in [1.165, 1.54) is 16.2 Å². The number of aryl methyl sites for hydroxylation is 1. The fourth-order valence-corrected chi connectivity index (χ4v) is 2.25. The molecule has 0 amide bonds. The maximum Gasteiger partial charge on any atom is 0.0710 e. The molecule has 12 heavy (non-hydrogen) atoms. The Morgan fingerprint density at radius 2 is 2.17 bits per heavy atom. The van der Waals surface area contributed by atoms with Gasteiger partial charge in [0.1, 0.15) is 0 Å². The Hall–Kier alpha value is -0.760. The first-order chi connectivity index (χ1) is 5.77. The highest BCUT2D eigenvalue weighted by atomic mass is 32.2. The minimum absolute atomic E-state index is 1.08. The van der Waals surface area contributed by atoms with E-state index < -0.39 is 0 Å². The molecule has 0 aromatic heterocycles. The number of aliphatic imine (C=N–C) groups is 1. The summed E-state index contributed by atoms with van der Waals surface area (Å²) in [5.41, 5.74) is 3.91. The van der Waals surface area contributed by atoms with Crippen LogP contribution in [0.4, 0.5) is 5.69 Å². The summed E-state index contributed by atoms with van der Waals surface area (Å²) in [5.74, 6) is 1.08. The van der Waals surface area contributed by atoms with E-state index in [0.29, 0.717) is 0 Å². The van der Waals surface area contributed by atoms with Crippen LogP contribution in [0.15, 0.2) is 23.2 Å². The SMILES string of the molecule is CC1=Nc2cccc(C)c2CS1. The van der Waals surface area contributed by atoms with Gasteiger partial charge in [0.05, 0.1) is 10.7 Å². The van der Waals surface area contributed by atoms with Gasteiger partial charge in [0, 0.05) is 5.75 Å². The molecule has 0 saturated carbocycles. The summed E-state index contributed by atoms with van der Waals surface area (Å²) in [6.45, 7) is 4.21. The molecule has 0 bridgehead atoms. The predicted octanol–water partition coefficient (Wildman–Crippen LogP) is 3.29. The Kier molecular flexibility index (Phi) is 1.93. The molecule has 0 N–H and O–H groups in total. The molecule has 2 rings (SSSR count). The quantitative estimate of drug-likeness (QED) is 0.592. The van der Waals surface area contributed by atoms with E-state index >= 15 is 0 Å². The lowest BCUT2D eigenvalue weighted by Gasteiger charge is -2.14. The second kappa shape index (κ2) is 2.94. The molecule has 2 heteroatoms. The molecule has 0 spiro atoms. The largest absolute Gasteiger partial charge is 0.247 e. The first kappa shape index (κ1) is 7.87. The molecule has 0 saturated heterocycles. The standard InChI is InChI=1S/C10H11NS/c1-7-4-3-5-10-9(7)6-12-8(2)11-10/h3-5H,6H2,1-2H3. The molecule has 0 aliphatic carbocycles.